The predicted octanol–water partition coefficient (Wildman–Crippen LogP) is 1.13. The van der Waals surface area contributed by atoms with Gasteiger partial charge in [0.2, 0.25) is 23.6 Å². The molecule has 5 atom stereocenters. The normalized spacial score (nSPS) is 14.6. The Morgan fingerprint density at radius 2 is 1.47 bits per heavy atom. The maximum Gasteiger partial charge on any atom is 0.326 e. The second-order valence-electron chi connectivity index (χ2n) is 10.7. The van der Waals surface area contributed by atoms with E-state index in [-0.39, 0.29) is 31.6 Å². The zero-order chi connectivity index (χ0) is 31.5. The van der Waals surface area contributed by atoms with Crippen LogP contribution < -0.4 is 27.4 Å². The van der Waals surface area contributed by atoms with Crippen LogP contribution in [-0.4, -0.2) is 63.9 Å². The Morgan fingerprint density at radius 1 is 0.860 bits per heavy atom. The molecule has 0 aliphatic heterocycles. The van der Waals surface area contributed by atoms with Crippen LogP contribution in [0.15, 0.2) is 60.8 Å². The van der Waals surface area contributed by atoms with E-state index in [9.17, 15) is 29.1 Å². The lowest BCUT2D eigenvalue weighted by atomic mass is 9.97. The number of hydrogen-bond donors (Lipinski definition) is 7. The first-order valence-electron chi connectivity index (χ1n) is 14.3. The molecule has 1 aromatic heterocycles. The summed E-state index contributed by atoms with van der Waals surface area (Å²) in [5.74, 6) is -4.14. The number of para-hydroxylation sites is 1. The number of primary amides is 1. The summed E-state index contributed by atoms with van der Waals surface area (Å²) >= 11 is 0. The number of H-pyrrole nitrogens is 1. The van der Waals surface area contributed by atoms with E-state index in [2.05, 4.69) is 20.9 Å². The van der Waals surface area contributed by atoms with Gasteiger partial charge in [-0.15, -0.1) is 0 Å². The molecular weight excluding hydrogens is 552 g/mol. The van der Waals surface area contributed by atoms with Gasteiger partial charge in [-0.05, 0) is 29.5 Å². The van der Waals surface area contributed by atoms with Crippen molar-refractivity contribution in [3.05, 3.63) is 71.9 Å². The second-order valence-corrected chi connectivity index (χ2v) is 10.7. The number of carbonyl (C=O) groups excluding carboxylic acids is 4. The van der Waals surface area contributed by atoms with Crippen LogP contribution in [0.1, 0.15) is 44.2 Å². The average molecular weight is 593 g/mol. The highest BCUT2D eigenvalue weighted by molar-refractivity contribution is 5.95. The first-order chi connectivity index (χ1) is 20.5. The summed E-state index contributed by atoms with van der Waals surface area (Å²) in [7, 11) is 0. The van der Waals surface area contributed by atoms with Crippen molar-refractivity contribution in [2.75, 3.05) is 0 Å². The Hall–Kier alpha value is -4.71. The van der Waals surface area contributed by atoms with Crippen molar-refractivity contribution in [1.82, 2.24) is 20.9 Å². The first-order valence-corrected chi connectivity index (χ1v) is 14.3. The van der Waals surface area contributed by atoms with Crippen LogP contribution in [-0.2, 0) is 36.8 Å². The van der Waals surface area contributed by atoms with Gasteiger partial charge in [-0.25, -0.2) is 4.79 Å². The van der Waals surface area contributed by atoms with Crippen molar-refractivity contribution < 1.29 is 29.1 Å². The van der Waals surface area contributed by atoms with Crippen molar-refractivity contribution in [2.24, 2.45) is 17.4 Å². The summed E-state index contributed by atoms with van der Waals surface area (Å²) < 4.78 is 0. The number of aliphatic carboxylic acids is 1. The van der Waals surface area contributed by atoms with Gasteiger partial charge < -0.3 is 37.5 Å². The Morgan fingerprint density at radius 3 is 2.12 bits per heavy atom. The van der Waals surface area contributed by atoms with Crippen LogP contribution in [0.5, 0.6) is 0 Å². The molecule has 3 rings (SSSR count). The van der Waals surface area contributed by atoms with E-state index in [0.717, 1.165) is 22.0 Å². The van der Waals surface area contributed by atoms with E-state index in [1.807, 2.05) is 37.3 Å². The lowest BCUT2D eigenvalue weighted by molar-refractivity contribution is -0.143. The van der Waals surface area contributed by atoms with Gasteiger partial charge in [0.25, 0.3) is 0 Å². The minimum atomic E-state index is -1.18. The van der Waals surface area contributed by atoms with Crippen LogP contribution in [0.3, 0.4) is 0 Å². The molecule has 0 saturated heterocycles. The number of fused-ring (bicyclic) bond motifs is 1. The summed E-state index contributed by atoms with van der Waals surface area (Å²) in [6.07, 6.45) is 2.29. The molecule has 9 N–H and O–H groups in total. The third-order valence-electron chi connectivity index (χ3n) is 7.46. The lowest BCUT2D eigenvalue weighted by Gasteiger charge is -2.26. The lowest BCUT2D eigenvalue weighted by Crippen LogP contribution is -2.58. The maximum absolute atomic E-state index is 13.7. The third kappa shape index (κ3) is 9.40. The second kappa shape index (κ2) is 15.5. The highest BCUT2D eigenvalue weighted by Crippen LogP contribution is 2.20. The standard InChI is InChI=1S/C31H40N6O6/c1-3-18(2)27(31(42)43)37-30(41)25(16-20-17-34-23-12-8-7-11-21(20)23)36-29(40)24(15-19-9-5-4-6-10-19)35-28(39)22(32)13-14-26(33)38/h4-12,17-18,22,24-25,27,34H,3,13-16,32H2,1-2H3,(H2,33,38)(H,35,39)(H,36,40)(H,37,41)(H,42,43). The molecule has 0 saturated carbocycles. The first kappa shape index (κ1) is 32.8. The molecule has 12 nitrogen and oxygen atoms in total. The van der Waals surface area contributed by atoms with Gasteiger partial charge in [-0.1, -0.05) is 68.8 Å². The zero-order valence-corrected chi connectivity index (χ0v) is 24.3. The number of rotatable bonds is 16. The molecule has 0 radical (unpaired) electrons. The van der Waals surface area contributed by atoms with Gasteiger partial charge in [0.15, 0.2) is 0 Å². The average Bonchev–Trinajstić information content (AvgIpc) is 3.40. The Labute approximate surface area is 250 Å². The summed E-state index contributed by atoms with van der Waals surface area (Å²) in [6.45, 7) is 3.54. The molecule has 1 heterocycles. The molecular formula is C31H40N6O6. The Balaban J connectivity index is 1.89. The number of carboxylic acid groups (broad SMARTS) is 1. The van der Waals surface area contributed by atoms with Gasteiger partial charge in [0, 0.05) is 36.4 Å². The molecule has 43 heavy (non-hydrogen) atoms. The Kier molecular flexibility index (Phi) is 11.8. The van der Waals surface area contributed by atoms with Crippen molar-refractivity contribution >= 4 is 40.5 Å². The topological polar surface area (TPSA) is 210 Å². The monoisotopic (exact) mass is 592 g/mol. The van der Waals surface area contributed by atoms with Gasteiger partial charge >= 0.3 is 5.97 Å². The molecule has 4 amide bonds. The number of aromatic amines is 1. The number of hydrogen-bond acceptors (Lipinski definition) is 6. The maximum atomic E-state index is 13.7. The van der Waals surface area contributed by atoms with Crippen LogP contribution in [0.2, 0.25) is 0 Å². The third-order valence-corrected chi connectivity index (χ3v) is 7.46. The van der Waals surface area contributed by atoms with Crippen molar-refractivity contribution in [3.63, 3.8) is 0 Å². The molecule has 230 valence electrons. The minimum absolute atomic E-state index is 0.00136. The van der Waals surface area contributed by atoms with E-state index >= 15 is 0 Å². The van der Waals surface area contributed by atoms with Gasteiger partial charge in [0.1, 0.15) is 18.1 Å². The number of amides is 4. The highest BCUT2D eigenvalue weighted by atomic mass is 16.4. The molecule has 0 bridgehead atoms. The zero-order valence-electron chi connectivity index (χ0n) is 24.3. The van der Waals surface area contributed by atoms with Gasteiger partial charge in [0.05, 0.1) is 6.04 Å². The largest absolute Gasteiger partial charge is 0.480 e. The van der Waals surface area contributed by atoms with Crippen LogP contribution in [0.4, 0.5) is 0 Å². The summed E-state index contributed by atoms with van der Waals surface area (Å²) in [4.78, 5) is 66.5. The number of aromatic nitrogens is 1. The van der Waals surface area contributed by atoms with Crippen molar-refractivity contribution in [2.45, 2.75) is 70.1 Å². The smallest absolute Gasteiger partial charge is 0.326 e. The fourth-order valence-corrected chi connectivity index (χ4v) is 4.71. The number of carboxylic acids is 1. The molecule has 0 fully saturated rings. The molecule has 3 aromatic rings. The number of benzene rings is 2. The molecule has 0 aliphatic rings. The van der Waals surface area contributed by atoms with Crippen LogP contribution >= 0.6 is 0 Å². The van der Waals surface area contributed by atoms with Crippen molar-refractivity contribution in [1.29, 1.82) is 0 Å². The van der Waals surface area contributed by atoms with E-state index in [1.54, 1.807) is 37.4 Å². The van der Waals surface area contributed by atoms with Crippen LogP contribution in [0, 0.1) is 5.92 Å². The number of carbonyl (C=O) groups is 5. The SMILES string of the molecule is CCC(C)C(NC(=O)C(Cc1c[nH]c2ccccc12)NC(=O)C(Cc1ccccc1)NC(=O)C(N)CCC(N)=O)C(=O)O. The molecule has 5 unspecified atom stereocenters. The van der Waals surface area contributed by atoms with E-state index in [1.165, 1.54) is 0 Å². The van der Waals surface area contributed by atoms with Crippen molar-refractivity contribution in [3.8, 4) is 0 Å². The van der Waals surface area contributed by atoms with E-state index in [4.69, 9.17) is 11.5 Å². The summed E-state index contributed by atoms with van der Waals surface area (Å²) in [6, 6.07) is 11.9. The molecule has 12 heteroatoms. The minimum Gasteiger partial charge on any atom is -0.480 e. The number of nitrogens with two attached hydrogens (primary N) is 2. The number of nitrogens with one attached hydrogen (secondary N) is 4. The fraction of sp³-hybridized carbons (Fsp3) is 0.387. The summed E-state index contributed by atoms with van der Waals surface area (Å²) in [5, 5.41) is 18.6. The predicted molar refractivity (Wildman–Crippen MR) is 161 cm³/mol. The van der Waals surface area contributed by atoms with E-state index in [0.29, 0.717) is 6.42 Å². The molecule has 0 aliphatic carbocycles. The molecule has 0 spiro atoms. The van der Waals surface area contributed by atoms with E-state index < -0.39 is 53.8 Å². The Bertz CT molecular complexity index is 1420. The fourth-order valence-electron chi connectivity index (χ4n) is 4.71. The van der Waals surface area contributed by atoms with Gasteiger partial charge in [-0.3, -0.25) is 19.2 Å². The van der Waals surface area contributed by atoms with Gasteiger partial charge in [-0.2, -0.15) is 0 Å². The molecule has 2 aromatic carbocycles. The van der Waals surface area contributed by atoms with Crippen LogP contribution in [0.25, 0.3) is 10.9 Å². The highest BCUT2D eigenvalue weighted by Gasteiger charge is 2.32. The quantitative estimate of drug-likeness (QED) is 0.129. The summed E-state index contributed by atoms with van der Waals surface area (Å²) in [5.41, 5.74) is 13.5.